The molecular formula is C8H11FNO2P. The van der Waals surface area contributed by atoms with Crippen molar-refractivity contribution in [3.8, 4) is 5.75 Å². The zero-order valence-corrected chi connectivity index (χ0v) is 8.35. The molecular weight excluding hydrogens is 192 g/mol. The molecule has 0 fully saturated rings. The number of nitrogen functional groups attached to an aromatic ring is 1. The van der Waals surface area contributed by atoms with Crippen molar-refractivity contribution in [3.05, 3.63) is 24.0 Å². The first-order valence-electron chi connectivity index (χ1n) is 3.68. The zero-order chi connectivity index (χ0) is 10.1. The molecule has 2 N–H and O–H groups in total. The van der Waals surface area contributed by atoms with E-state index in [-0.39, 0.29) is 11.4 Å². The smallest absolute Gasteiger partial charge is 0.242 e. The van der Waals surface area contributed by atoms with Crippen LogP contribution >= 0.6 is 7.37 Å². The van der Waals surface area contributed by atoms with Gasteiger partial charge < -0.3 is 10.3 Å². The van der Waals surface area contributed by atoms with Gasteiger partial charge in [-0.25, -0.2) is 4.39 Å². The summed E-state index contributed by atoms with van der Waals surface area (Å²) in [6.07, 6.45) is 0. The molecule has 13 heavy (non-hydrogen) atoms. The Balaban J connectivity index is 2.92. The molecule has 3 nitrogen and oxygen atoms in total. The third-order valence-electron chi connectivity index (χ3n) is 1.30. The van der Waals surface area contributed by atoms with Gasteiger partial charge in [0, 0.05) is 19.4 Å². The van der Waals surface area contributed by atoms with Crippen molar-refractivity contribution in [1.29, 1.82) is 0 Å². The number of halogens is 1. The predicted octanol–water partition coefficient (Wildman–Crippen LogP) is 2.32. The summed E-state index contributed by atoms with van der Waals surface area (Å²) in [5, 5.41) is 0. The van der Waals surface area contributed by atoms with Crippen molar-refractivity contribution in [3.63, 3.8) is 0 Å². The maximum absolute atomic E-state index is 12.9. The number of benzene rings is 1. The van der Waals surface area contributed by atoms with E-state index in [0.29, 0.717) is 0 Å². The summed E-state index contributed by atoms with van der Waals surface area (Å²) in [6, 6.07) is 3.98. The van der Waals surface area contributed by atoms with E-state index in [0.717, 1.165) is 6.07 Å². The quantitative estimate of drug-likeness (QED) is 0.592. The minimum Gasteiger partial charge on any atom is -0.443 e. The fourth-order valence-electron chi connectivity index (χ4n) is 0.818. The molecule has 1 aromatic carbocycles. The van der Waals surface area contributed by atoms with Crippen LogP contribution in [0.2, 0.25) is 0 Å². The van der Waals surface area contributed by atoms with Gasteiger partial charge in [-0.05, 0) is 12.1 Å². The number of nitrogens with two attached hydrogens (primary N) is 1. The molecule has 5 heteroatoms. The SMILES string of the molecule is CP(C)(=O)Oc1ccc(N)c(F)c1. The van der Waals surface area contributed by atoms with Gasteiger partial charge in [-0.3, -0.25) is 4.57 Å². The van der Waals surface area contributed by atoms with Crippen molar-refractivity contribution < 1.29 is 13.5 Å². The average Bonchev–Trinajstić information content (AvgIpc) is 1.94. The molecule has 1 aromatic rings. The molecule has 0 aliphatic carbocycles. The summed E-state index contributed by atoms with van der Waals surface area (Å²) in [6.45, 7) is 2.92. The van der Waals surface area contributed by atoms with E-state index in [4.69, 9.17) is 10.3 Å². The molecule has 0 radical (unpaired) electrons. The van der Waals surface area contributed by atoms with E-state index < -0.39 is 13.2 Å². The minimum atomic E-state index is -2.63. The molecule has 0 unspecified atom stereocenters. The van der Waals surface area contributed by atoms with E-state index >= 15 is 0 Å². The van der Waals surface area contributed by atoms with Gasteiger partial charge in [0.25, 0.3) is 0 Å². The molecule has 0 saturated carbocycles. The van der Waals surface area contributed by atoms with Crippen LogP contribution in [0.4, 0.5) is 10.1 Å². The molecule has 0 atom stereocenters. The Bertz CT molecular complexity index is 361. The summed E-state index contributed by atoms with van der Waals surface area (Å²) in [5.41, 5.74) is 5.30. The van der Waals surface area contributed by atoms with Crippen molar-refractivity contribution in [2.45, 2.75) is 0 Å². The van der Waals surface area contributed by atoms with Crippen LogP contribution in [0.25, 0.3) is 0 Å². The Morgan fingerprint density at radius 3 is 2.54 bits per heavy atom. The monoisotopic (exact) mass is 203 g/mol. The second-order valence-corrected chi connectivity index (χ2v) is 5.71. The maximum atomic E-state index is 12.9. The third-order valence-corrected chi connectivity index (χ3v) is 1.95. The molecule has 0 bridgehead atoms. The Kier molecular flexibility index (Phi) is 2.62. The van der Waals surface area contributed by atoms with Crippen LogP contribution in [-0.4, -0.2) is 13.3 Å². The van der Waals surface area contributed by atoms with Gasteiger partial charge in [0.1, 0.15) is 11.6 Å². The number of hydrogen-bond donors (Lipinski definition) is 1. The zero-order valence-electron chi connectivity index (χ0n) is 7.45. The maximum Gasteiger partial charge on any atom is 0.242 e. The lowest BCUT2D eigenvalue weighted by Gasteiger charge is -2.10. The van der Waals surface area contributed by atoms with E-state index in [1.165, 1.54) is 25.5 Å². The Hall–Kier alpha value is -1.02. The van der Waals surface area contributed by atoms with E-state index in [1.54, 1.807) is 0 Å². The molecule has 0 spiro atoms. The van der Waals surface area contributed by atoms with Gasteiger partial charge >= 0.3 is 0 Å². The standard InChI is InChI=1S/C8H11FNO2P/c1-13(2,11)12-6-3-4-8(10)7(9)5-6/h3-5H,10H2,1-2H3. The third kappa shape index (κ3) is 3.07. The average molecular weight is 203 g/mol. The largest absolute Gasteiger partial charge is 0.443 e. The van der Waals surface area contributed by atoms with Gasteiger partial charge in [0.05, 0.1) is 5.69 Å². The Morgan fingerprint density at radius 1 is 1.46 bits per heavy atom. The molecule has 0 amide bonds. The van der Waals surface area contributed by atoms with Crippen LogP contribution in [0, 0.1) is 5.82 Å². The predicted molar refractivity (Wildman–Crippen MR) is 50.9 cm³/mol. The van der Waals surface area contributed by atoms with Gasteiger partial charge in [0.15, 0.2) is 0 Å². The van der Waals surface area contributed by atoms with E-state index in [1.807, 2.05) is 0 Å². The topological polar surface area (TPSA) is 52.3 Å². The van der Waals surface area contributed by atoms with Crippen LogP contribution in [0.1, 0.15) is 0 Å². The second-order valence-electron chi connectivity index (χ2n) is 3.03. The van der Waals surface area contributed by atoms with Crippen LogP contribution in [0.5, 0.6) is 5.75 Å². The molecule has 1 rings (SSSR count). The number of rotatable bonds is 2. The highest BCUT2D eigenvalue weighted by molar-refractivity contribution is 7.57. The summed E-state index contributed by atoms with van der Waals surface area (Å²) >= 11 is 0. The lowest BCUT2D eigenvalue weighted by molar-refractivity contribution is 0.491. The molecule has 0 heterocycles. The van der Waals surface area contributed by atoms with Crippen molar-refractivity contribution in [1.82, 2.24) is 0 Å². The fourth-order valence-corrected chi connectivity index (χ4v) is 1.44. The normalized spacial score (nSPS) is 11.3. The molecule has 0 aromatic heterocycles. The Labute approximate surface area is 76.2 Å². The van der Waals surface area contributed by atoms with Crippen molar-refractivity contribution in [2.24, 2.45) is 0 Å². The van der Waals surface area contributed by atoms with Gasteiger partial charge in [-0.1, -0.05) is 0 Å². The van der Waals surface area contributed by atoms with Crippen LogP contribution in [0.15, 0.2) is 18.2 Å². The molecule has 0 aliphatic heterocycles. The number of anilines is 1. The lowest BCUT2D eigenvalue weighted by Crippen LogP contribution is -1.93. The fraction of sp³-hybridized carbons (Fsp3) is 0.250. The van der Waals surface area contributed by atoms with Crippen molar-refractivity contribution >= 4 is 13.1 Å². The first-order valence-corrected chi connectivity index (χ1v) is 6.20. The van der Waals surface area contributed by atoms with E-state index in [9.17, 15) is 8.96 Å². The van der Waals surface area contributed by atoms with Gasteiger partial charge in [0.2, 0.25) is 7.37 Å². The highest BCUT2D eigenvalue weighted by Gasteiger charge is 2.09. The molecule has 72 valence electrons. The first kappa shape index (κ1) is 10.1. The lowest BCUT2D eigenvalue weighted by atomic mass is 10.3. The molecule has 0 aliphatic rings. The summed E-state index contributed by atoms with van der Waals surface area (Å²) in [4.78, 5) is 0. The van der Waals surface area contributed by atoms with Crippen LogP contribution in [-0.2, 0) is 4.57 Å². The highest BCUT2D eigenvalue weighted by atomic mass is 31.2. The van der Waals surface area contributed by atoms with E-state index in [2.05, 4.69) is 0 Å². The number of hydrogen-bond acceptors (Lipinski definition) is 3. The van der Waals surface area contributed by atoms with Crippen LogP contribution in [0.3, 0.4) is 0 Å². The van der Waals surface area contributed by atoms with Crippen LogP contribution < -0.4 is 10.3 Å². The summed E-state index contributed by atoms with van der Waals surface area (Å²) in [5.74, 6) is -0.328. The van der Waals surface area contributed by atoms with Crippen molar-refractivity contribution in [2.75, 3.05) is 19.1 Å². The summed E-state index contributed by atoms with van der Waals surface area (Å²) in [7, 11) is -2.63. The van der Waals surface area contributed by atoms with Gasteiger partial charge in [-0.2, -0.15) is 0 Å². The second kappa shape index (κ2) is 3.38. The molecule has 0 saturated heterocycles. The first-order chi connectivity index (χ1) is 5.88. The summed E-state index contributed by atoms with van der Waals surface area (Å²) < 4.78 is 29.1. The highest BCUT2D eigenvalue weighted by Crippen LogP contribution is 2.39. The Morgan fingerprint density at radius 2 is 2.08 bits per heavy atom. The minimum absolute atomic E-state index is 0.0504. The van der Waals surface area contributed by atoms with Gasteiger partial charge in [-0.15, -0.1) is 0 Å².